The molecule has 0 radical (unpaired) electrons. The van der Waals surface area contributed by atoms with E-state index in [1.807, 2.05) is 24.3 Å². The smallest absolute Gasteiger partial charge is 0.133 e. The Labute approximate surface area is 105 Å². The standard InChI is InChI=1S/C13H17BrO2/c1-16-13-6-2-4-11(10-13)7-8-12(15)5-3-9-14/h2,4,6,10H,3,5,7-9H2,1H3. The van der Waals surface area contributed by atoms with Crippen LogP contribution in [0, 0.1) is 0 Å². The van der Waals surface area contributed by atoms with E-state index >= 15 is 0 Å². The number of hydrogen-bond acceptors (Lipinski definition) is 2. The van der Waals surface area contributed by atoms with Crippen molar-refractivity contribution in [2.45, 2.75) is 25.7 Å². The van der Waals surface area contributed by atoms with Gasteiger partial charge in [-0.1, -0.05) is 28.1 Å². The highest BCUT2D eigenvalue weighted by Gasteiger charge is 2.03. The molecule has 88 valence electrons. The number of ketones is 1. The third-order valence-electron chi connectivity index (χ3n) is 2.42. The van der Waals surface area contributed by atoms with Gasteiger partial charge in [-0.2, -0.15) is 0 Å². The second kappa shape index (κ2) is 7.44. The van der Waals surface area contributed by atoms with Gasteiger partial charge in [0.2, 0.25) is 0 Å². The van der Waals surface area contributed by atoms with Crippen LogP contribution in [0.5, 0.6) is 5.75 Å². The molecule has 0 fully saturated rings. The van der Waals surface area contributed by atoms with Crippen LogP contribution in [0.3, 0.4) is 0 Å². The highest BCUT2D eigenvalue weighted by Crippen LogP contribution is 2.14. The van der Waals surface area contributed by atoms with Crippen molar-refractivity contribution in [1.29, 1.82) is 0 Å². The summed E-state index contributed by atoms with van der Waals surface area (Å²) in [6.07, 6.45) is 3.03. The van der Waals surface area contributed by atoms with Crippen molar-refractivity contribution < 1.29 is 9.53 Å². The highest BCUT2D eigenvalue weighted by atomic mass is 79.9. The molecule has 0 amide bonds. The zero-order valence-corrected chi connectivity index (χ0v) is 11.1. The fraction of sp³-hybridized carbons (Fsp3) is 0.462. The van der Waals surface area contributed by atoms with E-state index in [1.54, 1.807) is 7.11 Å². The molecule has 0 bridgehead atoms. The second-order valence-corrected chi connectivity index (χ2v) is 4.48. The van der Waals surface area contributed by atoms with Gasteiger partial charge in [0, 0.05) is 18.2 Å². The van der Waals surface area contributed by atoms with Gasteiger partial charge < -0.3 is 4.74 Å². The number of hydrogen-bond donors (Lipinski definition) is 0. The lowest BCUT2D eigenvalue weighted by Gasteiger charge is -2.04. The fourth-order valence-corrected chi connectivity index (χ4v) is 1.78. The van der Waals surface area contributed by atoms with Gasteiger partial charge in [0.15, 0.2) is 0 Å². The summed E-state index contributed by atoms with van der Waals surface area (Å²) in [7, 11) is 1.65. The largest absolute Gasteiger partial charge is 0.497 e. The van der Waals surface area contributed by atoms with Gasteiger partial charge in [-0.15, -0.1) is 0 Å². The van der Waals surface area contributed by atoms with E-state index in [2.05, 4.69) is 15.9 Å². The number of ether oxygens (including phenoxy) is 1. The first-order chi connectivity index (χ1) is 7.76. The SMILES string of the molecule is COc1cccc(CCC(=O)CCCBr)c1. The first-order valence-corrected chi connectivity index (χ1v) is 6.59. The zero-order chi connectivity index (χ0) is 11.8. The summed E-state index contributed by atoms with van der Waals surface area (Å²) in [5.74, 6) is 1.19. The Hall–Kier alpha value is -0.830. The van der Waals surface area contributed by atoms with E-state index in [1.165, 1.54) is 0 Å². The normalized spacial score (nSPS) is 10.1. The van der Waals surface area contributed by atoms with Gasteiger partial charge in [0.1, 0.15) is 11.5 Å². The lowest BCUT2D eigenvalue weighted by Crippen LogP contribution is -2.00. The molecule has 0 N–H and O–H groups in total. The lowest BCUT2D eigenvalue weighted by atomic mass is 10.1. The number of halogens is 1. The van der Waals surface area contributed by atoms with E-state index in [4.69, 9.17) is 4.74 Å². The topological polar surface area (TPSA) is 26.3 Å². The van der Waals surface area contributed by atoms with Gasteiger partial charge in [0.25, 0.3) is 0 Å². The van der Waals surface area contributed by atoms with Gasteiger partial charge in [-0.3, -0.25) is 4.79 Å². The van der Waals surface area contributed by atoms with Gasteiger partial charge in [0.05, 0.1) is 7.11 Å². The van der Waals surface area contributed by atoms with Crippen LogP contribution in [0.4, 0.5) is 0 Å². The molecule has 1 aromatic carbocycles. The Morgan fingerprint density at radius 3 is 2.88 bits per heavy atom. The molecule has 0 saturated carbocycles. The minimum Gasteiger partial charge on any atom is -0.497 e. The van der Waals surface area contributed by atoms with Crippen molar-refractivity contribution in [2.24, 2.45) is 0 Å². The maximum Gasteiger partial charge on any atom is 0.133 e. The van der Waals surface area contributed by atoms with Crippen LogP contribution in [0.15, 0.2) is 24.3 Å². The van der Waals surface area contributed by atoms with Gasteiger partial charge in [-0.25, -0.2) is 0 Å². The van der Waals surface area contributed by atoms with Crippen LogP contribution < -0.4 is 4.74 Å². The van der Waals surface area contributed by atoms with Crippen LogP contribution in [0.2, 0.25) is 0 Å². The highest BCUT2D eigenvalue weighted by molar-refractivity contribution is 9.09. The number of alkyl halides is 1. The third kappa shape index (κ3) is 4.79. The first-order valence-electron chi connectivity index (χ1n) is 5.47. The molecular formula is C13H17BrO2. The predicted molar refractivity (Wildman–Crippen MR) is 69.4 cm³/mol. The van der Waals surface area contributed by atoms with Crippen LogP contribution in [-0.4, -0.2) is 18.2 Å². The molecule has 2 nitrogen and oxygen atoms in total. The summed E-state index contributed by atoms with van der Waals surface area (Å²) >= 11 is 3.32. The van der Waals surface area contributed by atoms with Crippen LogP contribution in [0.1, 0.15) is 24.8 Å². The van der Waals surface area contributed by atoms with Crippen LogP contribution in [-0.2, 0) is 11.2 Å². The number of rotatable bonds is 7. The minimum absolute atomic E-state index is 0.335. The van der Waals surface area contributed by atoms with Crippen molar-refractivity contribution in [3.05, 3.63) is 29.8 Å². The number of Topliss-reactive ketones (excluding diaryl/α,β-unsaturated/α-hetero) is 1. The Morgan fingerprint density at radius 1 is 1.38 bits per heavy atom. The molecule has 0 aromatic heterocycles. The van der Waals surface area contributed by atoms with Crippen LogP contribution in [0.25, 0.3) is 0 Å². The molecule has 1 rings (SSSR count). The Morgan fingerprint density at radius 2 is 2.19 bits per heavy atom. The fourth-order valence-electron chi connectivity index (χ4n) is 1.50. The lowest BCUT2D eigenvalue weighted by molar-refractivity contribution is -0.119. The predicted octanol–water partition coefficient (Wildman–Crippen LogP) is 3.37. The summed E-state index contributed by atoms with van der Waals surface area (Å²) < 4.78 is 5.14. The van der Waals surface area contributed by atoms with Crippen molar-refractivity contribution >= 4 is 21.7 Å². The van der Waals surface area contributed by atoms with E-state index in [0.717, 1.165) is 29.5 Å². The Balaban J connectivity index is 2.38. The summed E-state index contributed by atoms with van der Waals surface area (Å²) in [6.45, 7) is 0. The molecule has 0 spiro atoms. The summed E-state index contributed by atoms with van der Waals surface area (Å²) in [4.78, 5) is 11.5. The molecule has 0 aliphatic rings. The van der Waals surface area contributed by atoms with E-state index in [9.17, 15) is 4.79 Å². The molecule has 3 heteroatoms. The van der Waals surface area contributed by atoms with E-state index in [-0.39, 0.29) is 0 Å². The second-order valence-electron chi connectivity index (χ2n) is 3.68. The molecule has 1 aromatic rings. The minimum atomic E-state index is 0.335. The quantitative estimate of drug-likeness (QED) is 0.718. The Kier molecular flexibility index (Phi) is 6.16. The average molecular weight is 285 g/mol. The van der Waals surface area contributed by atoms with E-state index < -0.39 is 0 Å². The number of aryl methyl sites for hydroxylation is 1. The maximum atomic E-state index is 11.5. The molecule has 0 saturated heterocycles. The third-order valence-corrected chi connectivity index (χ3v) is 2.98. The number of carbonyl (C=O) groups excluding carboxylic acids is 1. The number of benzene rings is 1. The average Bonchev–Trinajstić information content (AvgIpc) is 2.34. The van der Waals surface area contributed by atoms with Crippen molar-refractivity contribution in [3.8, 4) is 5.75 Å². The molecule has 0 atom stereocenters. The van der Waals surface area contributed by atoms with Crippen LogP contribution >= 0.6 is 15.9 Å². The molecule has 0 unspecified atom stereocenters. The number of carbonyl (C=O) groups is 1. The monoisotopic (exact) mass is 284 g/mol. The number of methoxy groups -OCH3 is 1. The first kappa shape index (κ1) is 13.2. The molecule has 0 heterocycles. The molecule has 0 aliphatic carbocycles. The summed E-state index contributed by atoms with van der Waals surface area (Å²) in [6, 6.07) is 7.88. The zero-order valence-electron chi connectivity index (χ0n) is 9.54. The van der Waals surface area contributed by atoms with Crippen molar-refractivity contribution in [1.82, 2.24) is 0 Å². The van der Waals surface area contributed by atoms with Crippen molar-refractivity contribution in [3.63, 3.8) is 0 Å². The molecule has 16 heavy (non-hydrogen) atoms. The van der Waals surface area contributed by atoms with Crippen molar-refractivity contribution in [2.75, 3.05) is 12.4 Å². The van der Waals surface area contributed by atoms with E-state index in [0.29, 0.717) is 18.6 Å². The summed E-state index contributed by atoms with van der Waals surface area (Å²) in [5.41, 5.74) is 1.16. The van der Waals surface area contributed by atoms with Gasteiger partial charge >= 0.3 is 0 Å². The summed E-state index contributed by atoms with van der Waals surface area (Å²) in [5, 5.41) is 0.901. The van der Waals surface area contributed by atoms with Gasteiger partial charge in [-0.05, 0) is 30.5 Å². The molecular weight excluding hydrogens is 268 g/mol. The maximum absolute atomic E-state index is 11.5. The Bertz CT molecular complexity index is 336. The molecule has 0 aliphatic heterocycles.